The molecule has 1 spiro atoms. The second kappa shape index (κ2) is 11.1. The predicted molar refractivity (Wildman–Crippen MR) is 173 cm³/mol. The number of hydrogen-bond acceptors (Lipinski definition) is 7. The first kappa shape index (κ1) is 29.2. The minimum Gasteiger partial charge on any atom is -0.491 e. The molecular formula is C38H32N2O6. The average Bonchev–Trinajstić information content (AvgIpc) is 3.52. The number of nitrogens with one attached hydrogen (secondary N) is 1. The molecule has 46 heavy (non-hydrogen) atoms. The second-order valence-corrected chi connectivity index (χ2v) is 12.1. The molecule has 3 heterocycles. The van der Waals surface area contributed by atoms with E-state index in [0.717, 1.165) is 11.1 Å². The number of benzene rings is 4. The van der Waals surface area contributed by atoms with Crippen LogP contribution in [0.5, 0.6) is 11.5 Å². The van der Waals surface area contributed by atoms with Crippen LogP contribution in [-0.2, 0) is 15.0 Å². The molecule has 4 atom stereocenters. The monoisotopic (exact) mass is 612 g/mol. The fraction of sp³-hybridized carbons (Fsp3) is 0.211. The lowest BCUT2D eigenvalue weighted by molar-refractivity contribution is -0.131. The summed E-state index contributed by atoms with van der Waals surface area (Å²) in [5.74, 6) is -1.63. The number of ketones is 2. The van der Waals surface area contributed by atoms with Gasteiger partial charge in [-0.15, -0.1) is 0 Å². The van der Waals surface area contributed by atoms with Gasteiger partial charge >= 0.3 is 5.97 Å². The minimum absolute atomic E-state index is 0.0460. The first-order valence-electron chi connectivity index (χ1n) is 15.3. The molecule has 0 aliphatic carbocycles. The van der Waals surface area contributed by atoms with Crippen LogP contribution in [0.25, 0.3) is 6.08 Å². The van der Waals surface area contributed by atoms with Gasteiger partial charge < -0.3 is 19.7 Å². The topological polar surface area (TPSA) is 102 Å². The zero-order valence-corrected chi connectivity index (χ0v) is 25.6. The van der Waals surface area contributed by atoms with E-state index >= 15 is 0 Å². The Balaban J connectivity index is 1.44. The SMILES string of the molecule is CC(=O)Oc1ccc(C(=O)[C@@H]2[C@H](C(=O)c3ccc(OC(C)C)cc3)[C@@]3(C(=O)Nc4ccccc43)[C@H]3c4ccccc4C=CN23)cc1. The maximum absolute atomic E-state index is 15.0. The number of para-hydroxylation sites is 1. The van der Waals surface area contributed by atoms with E-state index in [-0.39, 0.29) is 23.6 Å². The summed E-state index contributed by atoms with van der Waals surface area (Å²) in [5, 5.41) is 3.06. The van der Waals surface area contributed by atoms with E-state index in [1.165, 1.54) is 6.92 Å². The first-order chi connectivity index (χ1) is 22.2. The lowest BCUT2D eigenvalue weighted by atomic mass is 9.62. The van der Waals surface area contributed by atoms with Crippen molar-refractivity contribution in [3.8, 4) is 11.5 Å². The zero-order valence-electron chi connectivity index (χ0n) is 25.6. The summed E-state index contributed by atoms with van der Waals surface area (Å²) in [4.78, 5) is 57.7. The summed E-state index contributed by atoms with van der Waals surface area (Å²) < 4.78 is 11.0. The molecule has 0 bridgehead atoms. The highest BCUT2D eigenvalue weighted by molar-refractivity contribution is 6.16. The molecule has 0 aromatic heterocycles. The standard InChI is InChI=1S/C38H32N2O6/c1-22(2)45-27-16-12-25(13-17-27)34(42)32-33(35(43)26-14-18-28(19-15-26)46-23(3)41)40-21-20-24-8-4-5-9-29(24)36(40)38(32)30-10-6-7-11-31(30)39-37(38)44/h4-22,32-33,36H,1-3H3,(H,39,44)/t32-,33+,36-,38-/m1/s1. The highest BCUT2D eigenvalue weighted by Gasteiger charge is 2.70. The predicted octanol–water partition coefficient (Wildman–Crippen LogP) is 6.38. The number of Topliss-reactive ketones (excluding diaryl/α,β-unsaturated/α-hetero) is 2. The van der Waals surface area contributed by atoms with Crippen LogP contribution >= 0.6 is 0 Å². The summed E-state index contributed by atoms with van der Waals surface area (Å²) in [5.41, 5.74) is 2.35. The summed E-state index contributed by atoms with van der Waals surface area (Å²) in [6, 6.07) is 26.7. The summed E-state index contributed by atoms with van der Waals surface area (Å²) >= 11 is 0. The van der Waals surface area contributed by atoms with Crippen LogP contribution in [0, 0.1) is 5.92 Å². The molecule has 3 aliphatic heterocycles. The van der Waals surface area contributed by atoms with Gasteiger partial charge in [-0.1, -0.05) is 42.5 Å². The van der Waals surface area contributed by atoms with E-state index in [2.05, 4.69) is 5.32 Å². The molecule has 4 aromatic carbocycles. The van der Waals surface area contributed by atoms with Crippen molar-refractivity contribution in [2.24, 2.45) is 5.92 Å². The number of ether oxygens (including phenoxy) is 2. The van der Waals surface area contributed by atoms with Gasteiger partial charge in [-0.25, -0.2) is 0 Å². The molecule has 7 rings (SSSR count). The van der Waals surface area contributed by atoms with Crippen molar-refractivity contribution in [3.63, 3.8) is 0 Å². The quantitative estimate of drug-likeness (QED) is 0.147. The lowest BCUT2D eigenvalue weighted by Crippen LogP contribution is -2.49. The Labute approximate surface area is 266 Å². The van der Waals surface area contributed by atoms with Gasteiger partial charge in [0.05, 0.1) is 18.1 Å². The fourth-order valence-corrected chi connectivity index (χ4v) is 7.34. The van der Waals surface area contributed by atoms with Crippen molar-refractivity contribution in [1.82, 2.24) is 4.90 Å². The molecule has 0 saturated carbocycles. The van der Waals surface area contributed by atoms with E-state index in [1.807, 2.05) is 79.6 Å². The normalized spacial score (nSPS) is 22.2. The van der Waals surface area contributed by atoms with Crippen molar-refractivity contribution in [2.45, 2.75) is 44.4 Å². The molecular weight excluding hydrogens is 580 g/mol. The van der Waals surface area contributed by atoms with Crippen molar-refractivity contribution < 1.29 is 28.7 Å². The molecule has 230 valence electrons. The third-order valence-corrected chi connectivity index (χ3v) is 9.03. The van der Waals surface area contributed by atoms with Crippen molar-refractivity contribution >= 4 is 35.2 Å². The molecule has 0 radical (unpaired) electrons. The van der Waals surface area contributed by atoms with Gasteiger partial charge in [-0.3, -0.25) is 19.2 Å². The van der Waals surface area contributed by atoms with Crippen LogP contribution < -0.4 is 14.8 Å². The molecule has 0 unspecified atom stereocenters. The Morgan fingerprint density at radius 3 is 2.13 bits per heavy atom. The number of hydrogen-bond donors (Lipinski definition) is 1. The van der Waals surface area contributed by atoms with Gasteiger partial charge in [0.25, 0.3) is 0 Å². The Morgan fingerprint density at radius 1 is 0.804 bits per heavy atom. The number of fused-ring (bicyclic) bond motifs is 6. The van der Waals surface area contributed by atoms with Gasteiger partial charge in [0, 0.05) is 29.9 Å². The number of rotatable bonds is 7. The molecule has 8 heteroatoms. The van der Waals surface area contributed by atoms with Crippen molar-refractivity contribution in [3.05, 3.63) is 131 Å². The fourth-order valence-electron chi connectivity index (χ4n) is 7.34. The van der Waals surface area contributed by atoms with Crippen LogP contribution in [-0.4, -0.2) is 40.5 Å². The van der Waals surface area contributed by atoms with E-state index in [1.54, 1.807) is 48.5 Å². The lowest BCUT2D eigenvalue weighted by Gasteiger charge is -2.38. The summed E-state index contributed by atoms with van der Waals surface area (Å²) in [6.45, 7) is 5.15. The highest BCUT2D eigenvalue weighted by Crippen LogP contribution is 2.62. The van der Waals surface area contributed by atoms with Crippen molar-refractivity contribution in [1.29, 1.82) is 0 Å². The minimum atomic E-state index is -1.43. The van der Waals surface area contributed by atoms with Gasteiger partial charge in [0.15, 0.2) is 11.6 Å². The van der Waals surface area contributed by atoms with Crippen LogP contribution in [0.3, 0.4) is 0 Å². The smallest absolute Gasteiger partial charge is 0.308 e. The second-order valence-electron chi connectivity index (χ2n) is 12.1. The van der Waals surface area contributed by atoms with E-state index in [0.29, 0.717) is 33.9 Å². The number of esters is 1. The molecule has 8 nitrogen and oxygen atoms in total. The Hall–Kier alpha value is -5.50. The maximum atomic E-state index is 15.0. The first-order valence-corrected chi connectivity index (χ1v) is 15.3. The van der Waals surface area contributed by atoms with Crippen LogP contribution in [0.4, 0.5) is 5.69 Å². The summed E-state index contributed by atoms with van der Waals surface area (Å²) in [6.07, 6.45) is 3.72. The average molecular weight is 613 g/mol. The van der Waals surface area contributed by atoms with Gasteiger partial charge in [0.2, 0.25) is 5.91 Å². The van der Waals surface area contributed by atoms with E-state index in [9.17, 15) is 19.2 Å². The summed E-state index contributed by atoms with van der Waals surface area (Å²) in [7, 11) is 0. The van der Waals surface area contributed by atoms with Crippen molar-refractivity contribution in [2.75, 3.05) is 5.32 Å². The number of carbonyl (C=O) groups is 4. The Morgan fingerprint density at radius 2 is 1.43 bits per heavy atom. The third-order valence-electron chi connectivity index (χ3n) is 9.03. The van der Waals surface area contributed by atoms with E-state index in [4.69, 9.17) is 9.47 Å². The molecule has 1 fully saturated rings. The Bertz CT molecular complexity index is 1910. The van der Waals surface area contributed by atoms with Gasteiger partial charge in [0.1, 0.15) is 23.0 Å². The maximum Gasteiger partial charge on any atom is 0.308 e. The third kappa shape index (κ3) is 4.52. The number of nitrogens with zero attached hydrogens (tertiary/aromatic N) is 1. The van der Waals surface area contributed by atoms with Crippen LogP contribution in [0.2, 0.25) is 0 Å². The zero-order chi connectivity index (χ0) is 32.2. The van der Waals surface area contributed by atoms with E-state index < -0.39 is 29.4 Å². The van der Waals surface area contributed by atoms with Crippen LogP contribution in [0.15, 0.2) is 103 Å². The molecule has 1 N–H and O–H groups in total. The molecule has 4 aromatic rings. The van der Waals surface area contributed by atoms with Gasteiger partial charge in [-0.2, -0.15) is 0 Å². The molecule has 3 aliphatic rings. The van der Waals surface area contributed by atoms with Gasteiger partial charge in [-0.05, 0) is 91.2 Å². The number of carbonyl (C=O) groups excluding carboxylic acids is 4. The molecule has 1 saturated heterocycles. The number of anilines is 1. The number of amides is 1. The van der Waals surface area contributed by atoms with Crippen LogP contribution in [0.1, 0.15) is 64.2 Å². The largest absolute Gasteiger partial charge is 0.491 e. The molecule has 1 amide bonds. The highest BCUT2D eigenvalue weighted by atomic mass is 16.5. The Kier molecular flexibility index (Phi) is 7.08.